The lowest BCUT2D eigenvalue weighted by atomic mass is 10.0. The average molecular weight is 521 g/mol. The Morgan fingerprint density at radius 1 is 1.00 bits per heavy atom. The van der Waals surface area contributed by atoms with Crippen LogP contribution >= 0.6 is 0 Å². The number of likely N-dealkylation sites (tertiary alicyclic amines) is 1. The number of imidazole rings is 1. The van der Waals surface area contributed by atoms with Crippen LogP contribution < -0.4 is 11.1 Å². The number of nitrogens with one attached hydrogen (secondary N) is 1. The molecule has 1 saturated heterocycles. The molecule has 1 fully saturated rings. The van der Waals surface area contributed by atoms with Gasteiger partial charge in [-0.05, 0) is 54.8 Å². The van der Waals surface area contributed by atoms with Crippen LogP contribution in [0.4, 0.5) is 10.2 Å². The van der Waals surface area contributed by atoms with Gasteiger partial charge in [-0.25, -0.2) is 29.3 Å². The maximum Gasteiger partial charge on any atom is 0.180 e. The van der Waals surface area contributed by atoms with Crippen LogP contribution in [0, 0.1) is 17.3 Å². The lowest BCUT2D eigenvalue weighted by Crippen LogP contribution is -2.40. The number of nitrogen functional groups attached to an aromatic ring is 1. The van der Waals surface area contributed by atoms with Crippen LogP contribution in [-0.2, 0) is 6.54 Å². The molecule has 1 aliphatic rings. The minimum absolute atomic E-state index is 0.262. The number of anilines is 1. The highest BCUT2D eigenvalue weighted by atomic mass is 19.1. The first-order valence-electron chi connectivity index (χ1n) is 12.6. The van der Waals surface area contributed by atoms with Crippen LogP contribution in [0.15, 0.2) is 67.1 Å². The van der Waals surface area contributed by atoms with Crippen LogP contribution in [0.2, 0.25) is 0 Å². The molecule has 0 bridgehead atoms. The molecule has 11 heteroatoms. The molecule has 10 nitrogen and oxygen atoms in total. The molecule has 0 unspecified atom stereocenters. The van der Waals surface area contributed by atoms with Crippen molar-refractivity contribution >= 4 is 17.0 Å². The summed E-state index contributed by atoms with van der Waals surface area (Å²) in [5, 5.41) is 11.7. The summed E-state index contributed by atoms with van der Waals surface area (Å²) in [6.45, 7) is 2.71. The number of nitrogens with two attached hydrogens (primary N) is 1. The standard InChI is InChI=1S/C28H25FN10/c29-19-5-8-23(33-14-19)26-34-15-24-28(37-26)39(27(36-24)22-2-1-11-32-25(22)31)21-6-3-18(4-7-21)16-38-12-9-20(10-13-38)35-17-30/h1-8,11,14-15,20,35H,9-10,12-13,16H2,(H2,31,32). The fraction of sp³-hybridized carbons (Fsp3) is 0.214. The molecule has 194 valence electrons. The molecule has 1 aromatic carbocycles. The summed E-state index contributed by atoms with van der Waals surface area (Å²) in [7, 11) is 0. The summed E-state index contributed by atoms with van der Waals surface area (Å²) in [6.07, 6.45) is 8.37. The first-order valence-corrected chi connectivity index (χ1v) is 12.6. The Kier molecular flexibility index (Phi) is 6.52. The molecule has 0 atom stereocenters. The van der Waals surface area contributed by atoms with Crippen LogP contribution in [0.3, 0.4) is 0 Å². The van der Waals surface area contributed by atoms with Crippen LogP contribution in [0.25, 0.3) is 39.8 Å². The Balaban J connectivity index is 1.37. The van der Waals surface area contributed by atoms with Gasteiger partial charge in [0.15, 0.2) is 23.5 Å². The number of halogens is 1. The molecule has 0 spiro atoms. The van der Waals surface area contributed by atoms with Crippen molar-refractivity contribution < 1.29 is 4.39 Å². The van der Waals surface area contributed by atoms with E-state index in [1.54, 1.807) is 18.5 Å². The van der Waals surface area contributed by atoms with E-state index in [2.05, 4.69) is 43.5 Å². The fourth-order valence-corrected chi connectivity index (χ4v) is 4.87. The number of aromatic nitrogens is 6. The van der Waals surface area contributed by atoms with Gasteiger partial charge >= 0.3 is 0 Å². The molecule has 3 N–H and O–H groups in total. The van der Waals surface area contributed by atoms with Gasteiger partial charge in [0.05, 0.1) is 18.0 Å². The molecule has 0 amide bonds. The molecule has 4 aromatic heterocycles. The fourth-order valence-electron chi connectivity index (χ4n) is 4.87. The highest BCUT2D eigenvalue weighted by Gasteiger charge is 2.21. The SMILES string of the molecule is N#CNC1CCN(Cc2ccc(-n3c(-c4cccnc4N)nc4cnc(-c5ccc(F)cn5)nc43)cc2)CC1. The van der Waals surface area contributed by atoms with Crippen molar-refractivity contribution in [2.24, 2.45) is 0 Å². The Labute approximate surface area is 224 Å². The van der Waals surface area contributed by atoms with Crippen molar-refractivity contribution in [1.29, 1.82) is 5.26 Å². The second kappa shape index (κ2) is 10.4. The first-order chi connectivity index (χ1) is 19.1. The van der Waals surface area contributed by atoms with Gasteiger partial charge in [0.1, 0.15) is 22.8 Å². The van der Waals surface area contributed by atoms with Crippen LogP contribution in [0.1, 0.15) is 18.4 Å². The number of pyridine rings is 2. The minimum atomic E-state index is -0.428. The summed E-state index contributed by atoms with van der Waals surface area (Å²) in [6, 6.07) is 15.1. The lowest BCUT2D eigenvalue weighted by Gasteiger charge is -2.31. The smallest absolute Gasteiger partial charge is 0.180 e. The van der Waals surface area contributed by atoms with E-state index in [9.17, 15) is 4.39 Å². The van der Waals surface area contributed by atoms with Crippen molar-refractivity contribution in [3.05, 3.63) is 78.5 Å². The van der Waals surface area contributed by atoms with E-state index < -0.39 is 5.82 Å². The van der Waals surface area contributed by atoms with E-state index >= 15 is 0 Å². The Morgan fingerprint density at radius 3 is 2.54 bits per heavy atom. The van der Waals surface area contributed by atoms with Gasteiger partial charge in [-0.2, -0.15) is 5.26 Å². The van der Waals surface area contributed by atoms with Crippen molar-refractivity contribution in [3.8, 4) is 34.8 Å². The second-order valence-electron chi connectivity index (χ2n) is 9.44. The molecule has 5 heterocycles. The first kappa shape index (κ1) is 24.4. The monoisotopic (exact) mass is 520 g/mol. The molecule has 1 aliphatic heterocycles. The predicted octanol–water partition coefficient (Wildman–Crippen LogP) is 3.70. The number of hydrogen-bond donors (Lipinski definition) is 2. The lowest BCUT2D eigenvalue weighted by molar-refractivity contribution is 0.197. The number of hydrogen-bond acceptors (Lipinski definition) is 9. The third-order valence-corrected chi connectivity index (χ3v) is 6.89. The van der Waals surface area contributed by atoms with E-state index in [0.29, 0.717) is 39.9 Å². The van der Waals surface area contributed by atoms with Gasteiger partial charge in [-0.1, -0.05) is 12.1 Å². The summed E-state index contributed by atoms with van der Waals surface area (Å²) < 4.78 is 15.4. The third-order valence-electron chi connectivity index (χ3n) is 6.89. The molecular formula is C28H25FN10. The van der Waals surface area contributed by atoms with E-state index in [-0.39, 0.29) is 6.04 Å². The molecule has 5 aromatic rings. The van der Waals surface area contributed by atoms with Crippen molar-refractivity contribution in [2.45, 2.75) is 25.4 Å². The zero-order chi connectivity index (χ0) is 26.8. The molecule has 0 saturated carbocycles. The van der Waals surface area contributed by atoms with Crippen molar-refractivity contribution in [1.82, 2.24) is 39.7 Å². The van der Waals surface area contributed by atoms with E-state index in [1.165, 1.54) is 11.6 Å². The summed E-state index contributed by atoms with van der Waals surface area (Å²) in [4.78, 5) is 24.8. The quantitative estimate of drug-likeness (QED) is 0.254. The number of fused-ring (bicyclic) bond motifs is 1. The highest BCUT2D eigenvalue weighted by molar-refractivity contribution is 5.83. The zero-order valence-electron chi connectivity index (χ0n) is 21.0. The van der Waals surface area contributed by atoms with Gasteiger partial charge in [0.2, 0.25) is 0 Å². The summed E-state index contributed by atoms with van der Waals surface area (Å²) in [5.41, 5.74) is 10.6. The Hall–Kier alpha value is -4.95. The molecule has 0 aliphatic carbocycles. The maximum absolute atomic E-state index is 13.4. The van der Waals surface area contributed by atoms with Gasteiger partial charge in [-0.3, -0.25) is 9.47 Å². The Morgan fingerprint density at radius 2 is 1.82 bits per heavy atom. The number of nitrogens with zero attached hydrogens (tertiary/aromatic N) is 8. The molecule has 6 rings (SSSR count). The molecule has 39 heavy (non-hydrogen) atoms. The number of rotatable bonds is 6. The topological polar surface area (TPSA) is 134 Å². The Bertz CT molecular complexity index is 1650. The molecular weight excluding hydrogens is 495 g/mol. The molecule has 0 radical (unpaired) electrons. The normalized spacial score (nSPS) is 14.4. The predicted molar refractivity (Wildman–Crippen MR) is 145 cm³/mol. The zero-order valence-corrected chi connectivity index (χ0v) is 21.0. The minimum Gasteiger partial charge on any atom is -0.383 e. The van der Waals surface area contributed by atoms with E-state index in [4.69, 9.17) is 21.0 Å². The summed E-state index contributed by atoms with van der Waals surface area (Å²) in [5.74, 6) is 0.880. The van der Waals surface area contributed by atoms with Gasteiger partial charge in [0, 0.05) is 37.6 Å². The summed E-state index contributed by atoms with van der Waals surface area (Å²) >= 11 is 0. The van der Waals surface area contributed by atoms with E-state index in [1.807, 2.05) is 28.8 Å². The van der Waals surface area contributed by atoms with Crippen LogP contribution in [0.5, 0.6) is 0 Å². The number of piperidine rings is 1. The average Bonchev–Trinajstić information content (AvgIpc) is 3.34. The van der Waals surface area contributed by atoms with Crippen molar-refractivity contribution in [2.75, 3.05) is 18.8 Å². The van der Waals surface area contributed by atoms with Gasteiger partial charge in [-0.15, -0.1) is 0 Å². The maximum atomic E-state index is 13.4. The van der Waals surface area contributed by atoms with Gasteiger partial charge in [0.25, 0.3) is 0 Å². The van der Waals surface area contributed by atoms with E-state index in [0.717, 1.165) is 44.4 Å². The van der Waals surface area contributed by atoms with Crippen molar-refractivity contribution in [3.63, 3.8) is 0 Å². The number of benzene rings is 1. The number of nitriles is 1. The van der Waals surface area contributed by atoms with Crippen LogP contribution in [-0.4, -0.2) is 53.5 Å². The second-order valence-corrected chi connectivity index (χ2v) is 9.44. The third kappa shape index (κ3) is 4.97. The largest absolute Gasteiger partial charge is 0.383 e. The van der Waals surface area contributed by atoms with Gasteiger partial charge < -0.3 is 11.1 Å². The highest BCUT2D eigenvalue weighted by Crippen LogP contribution is 2.31.